The van der Waals surface area contributed by atoms with Crippen LogP contribution in [0, 0.1) is 0 Å². The molecule has 0 amide bonds. The number of rotatable bonds is 5. The predicted octanol–water partition coefficient (Wildman–Crippen LogP) is 4.60. The van der Waals surface area contributed by atoms with Crippen molar-refractivity contribution in [3.05, 3.63) is 77.9 Å². The highest BCUT2D eigenvalue weighted by atomic mass is 16.5. The second-order valence-corrected chi connectivity index (χ2v) is 7.18. The second kappa shape index (κ2) is 7.10. The quantitative estimate of drug-likeness (QED) is 0.673. The van der Waals surface area contributed by atoms with Crippen molar-refractivity contribution in [1.82, 2.24) is 4.90 Å². The first kappa shape index (κ1) is 17.1. The van der Waals surface area contributed by atoms with E-state index in [4.69, 9.17) is 9.47 Å². The molecule has 3 nitrogen and oxygen atoms in total. The van der Waals surface area contributed by atoms with Crippen molar-refractivity contribution in [1.29, 1.82) is 0 Å². The molecule has 3 aromatic carbocycles. The molecule has 0 aromatic heterocycles. The summed E-state index contributed by atoms with van der Waals surface area (Å²) < 4.78 is 12.0. The number of hydrogen-bond donors (Lipinski definition) is 0. The Morgan fingerprint density at radius 2 is 1.81 bits per heavy atom. The van der Waals surface area contributed by atoms with Gasteiger partial charge in [0.2, 0.25) is 0 Å². The Kier molecular flexibility index (Phi) is 4.66. The molecule has 0 N–H and O–H groups in total. The Hall–Kier alpha value is -2.36. The van der Waals surface area contributed by atoms with E-state index in [0.717, 1.165) is 25.3 Å². The van der Waals surface area contributed by atoms with Gasteiger partial charge in [0.1, 0.15) is 18.0 Å². The first-order valence-electron chi connectivity index (χ1n) is 9.13. The lowest BCUT2D eigenvalue weighted by Gasteiger charge is -2.28. The number of hydrogen-bond acceptors (Lipinski definition) is 3. The van der Waals surface area contributed by atoms with Crippen LogP contribution in [0.1, 0.15) is 17.5 Å². The van der Waals surface area contributed by atoms with Crippen LogP contribution in [0.3, 0.4) is 0 Å². The van der Waals surface area contributed by atoms with Crippen LogP contribution in [0.25, 0.3) is 10.8 Å². The van der Waals surface area contributed by atoms with E-state index in [1.807, 2.05) is 13.2 Å². The molecule has 26 heavy (non-hydrogen) atoms. The van der Waals surface area contributed by atoms with Gasteiger partial charge >= 0.3 is 0 Å². The maximum absolute atomic E-state index is 6.09. The molecule has 0 radical (unpaired) electrons. The third kappa shape index (κ3) is 3.33. The molecule has 0 saturated carbocycles. The fraction of sp³-hybridized carbons (Fsp3) is 0.304. The van der Waals surface area contributed by atoms with Gasteiger partial charge in [-0.2, -0.15) is 0 Å². The average molecular weight is 347 g/mol. The van der Waals surface area contributed by atoms with Crippen molar-refractivity contribution in [2.24, 2.45) is 0 Å². The highest BCUT2D eigenvalue weighted by molar-refractivity contribution is 5.82. The molecule has 134 valence electrons. The Morgan fingerprint density at radius 1 is 0.962 bits per heavy atom. The number of likely N-dealkylation sites (N-methyl/N-ethyl adjacent to an activating group) is 1. The topological polar surface area (TPSA) is 21.7 Å². The maximum atomic E-state index is 6.09. The molecule has 1 aliphatic rings. The van der Waals surface area contributed by atoms with Crippen molar-refractivity contribution >= 4 is 10.8 Å². The lowest BCUT2D eigenvalue weighted by molar-refractivity contribution is -0.00423. The molecule has 1 aliphatic heterocycles. The van der Waals surface area contributed by atoms with E-state index >= 15 is 0 Å². The van der Waals surface area contributed by atoms with E-state index in [1.54, 1.807) is 0 Å². The summed E-state index contributed by atoms with van der Waals surface area (Å²) in [5, 5.41) is 2.50. The molecule has 1 fully saturated rings. The minimum absolute atomic E-state index is 0.225. The smallest absolute Gasteiger partial charge is 0.120 e. The SMILES string of the molecule is COC1(c2cccc(OCc3ccc4ccccc4c3)c2)CCN(C)C1. The summed E-state index contributed by atoms with van der Waals surface area (Å²) in [7, 11) is 3.95. The van der Waals surface area contributed by atoms with Crippen LogP contribution in [0.4, 0.5) is 0 Å². The van der Waals surface area contributed by atoms with Gasteiger partial charge in [0.25, 0.3) is 0 Å². The van der Waals surface area contributed by atoms with Crippen LogP contribution in [0.2, 0.25) is 0 Å². The Morgan fingerprint density at radius 3 is 2.58 bits per heavy atom. The zero-order chi connectivity index (χ0) is 18.0. The summed E-state index contributed by atoms with van der Waals surface area (Å²) in [5.41, 5.74) is 2.15. The zero-order valence-corrected chi connectivity index (χ0v) is 15.4. The molecule has 1 atom stereocenters. The summed E-state index contributed by atoms with van der Waals surface area (Å²) >= 11 is 0. The zero-order valence-electron chi connectivity index (χ0n) is 15.4. The highest BCUT2D eigenvalue weighted by Gasteiger charge is 2.38. The Balaban J connectivity index is 1.51. The first-order chi connectivity index (χ1) is 12.7. The van der Waals surface area contributed by atoms with E-state index in [-0.39, 0.29) is 5.60 Å². The van der Waals surface area contributed by atoms with Gasteiger partial charge in [0, 0.05) is 20.2 Å². The molecule has 3 heteroatoms. The normalized spacial score (nSPS) is 20.5. The molecule has 0 bridgehead atoms. The van der Waals surface area contributed by atoms with Gasteiger partial charge in [-0.15, -0.1) is 0 Å². The Labute approximate surface area is 155 Å². The third-order valence-electron chi connectivity index (χ3n) is 5.39. The lowest BCUT2D eigenvalue weighted by Crippen LogP contribution is -2.31. The summed E-state index contributed by atoms with van der Waals surface area (Å²) in [5.74, 6) is 0.890. The number of methoxy groups -OCH3 is 1. The van der Waals surface area contributed by atoms with Crippen molar-refractivity contribution in [2.75, 3.05) is 27.2 Å². The minimum Gasteiger partial charge on any atom is -0.489 e. The third-order valence-corrected chi connectivity index (χ3v) is 5.39. The van der Waals surface area contributed by atoms with Gasteiger partial charge < -0.3 is 14.4 Å². The summed E-state index contributed by atoms with van der Waals surface area (Å²) in [6.07, 6.45) is 1.01. The van der Waals surface area contributed by atoms with E-state index in [1.165, 1.54) is 21.9 Å². The van der Waals surface area contributed by atoms with Crippen molar-refractivity contribution in [3.8, 4) is 5.75 Å². The van der Waals surface area contributed by atoms with Crippen LogP contribution in [0.5, 0.6) is 5.75 Å². The average Bonchev–Trinajstić information content (AvgIpc) is 3.09. The molecule has 0 spiro atoms. The summed E-state index contributed by atoms with van der Waals surface area (Å²) in [4.78, 5) is 2.31. The van der Waals surface area contributed by atoms with Crippen LogP contribution >= 0.6 is 0 Å². The molecule has 4 rings (SSSR count). The van der Waals surface area contributed by atoms with Gasteiger partial charge in [0.15, 0.2) is 0 Å². The van der Waals surface area contributed by atoms with Gasteiger partial charge in [-0.1, -0.05) is 48.5 Å². The lowest BCUT2D eigenvalue weighted by atomic mass is 9.92. The van der Waals surface area contributed by atoms with Crippen LogP contribution in [-0.4, -0.2) is 32.1 Å². The summed E-state index contributed by atoms with van der Waals surface area (Å²) in [6, 6.07) is 23.2. The number of ether oxygens (including phenoxy) is 2. The van der Waals surface area contributed by atoms with E-state index in [2.05, 4.69) is 72.6 Å². The van der Waals surface area contributed by atoms with Crippen LogP contribution in [-0.2, 0) is 16.9 Å². The van der Waals surface area contributed by atoms with Gasteiger partial charge in [0.05, 0.1) is 0 Å². The number of likely N-dealkylation sites (tertiary alicyclic amines) is 1. The summed E-state index contributed by atoms with van der Waals surface area (Å²) in [6.45, 7) is 2.53. The number of benzene rings is 3. The molecule has 0 aliphatic carbocycles. The predicted molar refractivity (Wildman–Crippen MR) is 106 cm³/mol. The van der Waals surface area contributed by atoms with Gasteiger partial charge in [-0.05, 0) is 53.6 Å². The molecule has 1 unspecified atom stereocenters. The molecular formula is C23H25NO2. The standard InChI is InChI=1S/C23H25NO2/c1-24-13-12-23(17-24,25-2)21-8-5-9-22(15-21)26-16-18-10-11-19-6-3-4-7-20(19)14-18/h3-11,14-15H,12-13,16-17H2,1-2H3. The van der Waals surface area contributed by atoms with Crippen molar-refractivity contribution in [2.45, 2.75) is 18.6 Å². The van der Waals surface area contributed by atoms with Crippen LogP contribution < -0.4 is 4.74 Å². The maximum Gasteiger partial charge on any atom is 0.120 e. The van der Waals surface area contributed by atoms with Crippen molar-refractivity contribution < 1.29 is 9.47 Å². The fourth-order valence-electron chi connectivity index (χ4n) is 3.85. The fourth-order valence-corrected chi connectivity index (χ4v) is 3.85. The van der Waals surface area contributed by atoms with E-state index < -0.39 is 0 Å². The van der Waals surface area contributed by atoms with Crippen molar-refractivity contribution in [3.63, 3.8) is 0 Å². The molecule has 1 saturated heterocycles. The largest absolute Gasteiger partial charge is 0.489 e. The van der Waals surface area contributed by atoms with Gasteiger partial charge in [-0.3, -0.25) is 0 Å². The van der Waals surface area contributed by atoms with E-state index in [9.17, 15) is 0 Å². The number of nitrogens with zero attached hydrogens (tertiary/aromatic N) is 1. The first-order valence-corrected chi connectivity index (χ1v) is 9.13. The Bertz CT molecular complexity index is 907. The monoisotopic (exact) mass is 347 g/mol. The minimum atomic E-state index is -0.225. The molecular weight excluding hydrogens is 322 g/mol. The molecule has 3 aromatic rings. The number of fused-ring (bicyclic) bond motifs is 1. The second-order valence-electron chi connectivity index (χ2n) is 7.18. The molecule has 1 heterocycles. The van der Waals surface area contributed by atoms with E-state index in [0.29, 0.717) is 6.61 Å². The van der Waals surface area contributed by atoms with Crippen LogP contribution in [0.15, 0.2) is 66.7 Å². The highest BCUT2D eigenvalue weighted by Crippen LogP contribution is 2.36. The van der Waals surface area contributed by atoms with Gasteiger partial charge in [-0.25, -0.2) is 0 Å².